The average Bonchev–Trinajstić information content (AvgIpc) is 3.15. The number of nitrogens with zero attached hydrogens (tertiary/aromatic N) is 2. The molecular weight excluding hydrogens is 366 g/mol. The van der Waals surface area contributed by atoms with Crippen molar-refractivity contribution >= 4 is 33.8 Å². The summed E-state index contributed by atoms with van der Waals surface area (Å²) in [4.78, 5) is 20.5. The Balaban J connectivity index is 0.000000855. The van der Waals surface area contributed by atoms with Gasteiger partial charge < -0.3 is 21.4 Å². The van der Waals surface area contributed by atoms with E-state index < -0.39 is 6.04 Å². The first-order valence-electron chi connectivity index (χ1n) is 8.29. The van der Waals surface area contributed by atoms with E-state index in [-0.39, 0.29) is 5.95 Å². The van der Waals surface area contributed by atoms with Gasteiger partial charge in [0.1, 0.15) is 10.6 Å². The van der Waals surface area contributed by atoms with Gasteiger partial charge in [-0.2, -0.15) is 5.48 Å². The Hall–Kier alpha value is -2.59. The summed E-state index contributed by atoms with van der Waals surface area (Å²) in [5, 5.41) is 10.3. The van der Waals surface area contributed by atoms with E-state index in [1.807, 2.05) is 26.0 Å². The molecule has 0 aliphatic heterocycles. The number of carbonyl (C=O) groups excluding carboxylic acids is 1. The van der Waals surface area contributed by atoms with Crippen LogP contribution in [0.1, 0.15) is 40.8 Å². The molecule has 0 radical (unpaired) electrons. The minimum Gasteiger partial charge on any atom is -0.497 e. The van der Waals surface area contributed by atoms with Crippen LogP contribution in [-0.2, 0) is 0 Å². The first kappa shape index (κ1) is 22.5. The minimum atomic E-state index is -0.609. The SMILES string of the molecule is CC.CN.COc1ccc(C(NO)c2nc(N)nc3sc(C=O)cc23)cc1. The third kappa shape index (κ3) is 5.20. The minimum absolute atomic E-state index is 0.0839. The van der Waals surface area contributed by atoms with Gasteiger partial charge in [-0.3, -0.25) is 4.79 Å². The molecule has 0 aliphatic rings. The number of aromatic nitrogens is 2. The Morgan fingerprint density at radius 2 is 1.85 bits per heavy atom. The van der Waals surface area contributed by atoms with Gasteiger partial charge in [0.2, 0.25) is 5.95 Å². The number of nitrogens with one attached hydrogen (secondary N) is 1. The van der Waals surface area contributed by atoms with Crippen LogP contribution in [0.2, 0.25) is 0 Å². The molecule has 1 unspecified atom stereocenters. The highest BCUT2D eigenvalue weighted by molar-refractivity contribution is 7.20. The van der Waals surface area contributed by atoms with Crippen molar-refractivity contribution in [2.45, 2.75) is 19.9 Å². The van der Waals surface area contributed by atoms with Crippen molar-refractivity contribution in [3.05, 3.63) is 46.5 Å². The third-order valence-corrected chi connectivity index (χ3v) is 4.38. The number of rotatable bonds is 5. The number of hydroxylamine groups is 1. The number of fused-ring (bicyclic) bond motifs is 1. The summed E-state index contributed by atoms with van der Waals surface area (Å²) in [6.45, 7) is 4.00. The summed E-state index contributed by atoms with van der Waals surface area (Å²) in [7, 11) is 3.08. The first-order chi connectivity index (χ1) is 13.2. The lowest BCUT2D eigenvalue weighted by Gasteiger charge is -2.16. The molecule has 1 aromatic carbocycles. The van der Waals surface area contributed by atoms with Gasteiger partial charge in [-0.15, -0.1) is 11.3 Å². The second-order valence-electron chi connectivity index (χ2n) is 4.79. The van der Waals surface area contributed by atoms with Gasteiger partial charge in [-0.25, -0.2) is 9.97 Å². The summed E-state index contributed by atoms with van der Waals surface area (Å²) in [6, 6.07) is 8.27. The van der Waals surface area contributed by atoms with Crippen molar-refractivity contribution in [1.82, 2.24) is 15.4 Å². The average molecular weight is 391 g/mol. The van der Waals surface area contributed by atoms with Gasteiger partial charge >= 0.3 is 0 Å². The molecule has 146 valence electrons. The predicted octanol–water partition coefficient (Wildman–Crippen LogP) is 2.76. The third-order valence-electron chi connectivity index (χ3n) is 3.43. The first-order valence-corrected chi connectivity index (χ1v) is 9.11. The Kier molecular flexibility index (Phi) is 9.31. The number of thiophene rings is 1. The molecule has 0 fully saturated rings. The fraction of sp³-hybridized carbons (Fsp3) is 0.278. The topological polar surface area (TPSA) is 136 Å². The molecule has 6 N–H and O–H groups in total. The molecule has 3 aromatic rings. The van der Waals surface area contributed by atoms with Crippen LogP contribution in [0.5, 0.6) is 5.75 Å². The molecule has 27 heavy (non-hydrogen) atoms. The van der Waals surface area contributed by atoms with E-state index in [9.17, 15) is 10.0 Å². The summed E-state index contributed by atoms with van der Waals surface area (Å²) >= 11 is 1.23. The van der Waals surface area contributed by atoms with Crippen LogP contribution >= 0.6 is 11.3 Å². The Labute approximate surface area is 162 Å². The van der Waals surface area contributed by atoms with Crippen LogP contribution in [0.25, 0.3) is 10.2 Å². The maximum Gasteiger partial charge on any atom is 0.221 e. The number of ether oxygens (including phenoxy) is 1. The number of aldehydes is 1. The van der Waals surface area contributed by atoms with Crippen molar-refractivity contribution < 1.29 is 14.7 Å². The molecule has 2 aromatic heterocycles. The molecule has 9 heteroatoms. The Morgan fingerprint density at radius 3 is 2.37 bits per heavy atom. The number of hydrogen-bond donors (Lipinski definition) is 4. The molecule has 0 saturated carbocycles. The maximum absolute atomic E-state index is 11.0. The van der Waals surface area contributed by atoms with E-state index in [0.717, 1.165) is 11.8 Å². The Morgan fingerprint density at radius 1 is 1.22 bits per heavy atom. The highest BCUT2D eigenvalue weighted by Crippen LogP contribution is 2.32. The van der Waals surface area contributed by atoms with Crippen molar-refractivity contribution in [2.24, 2.45) is 5.73 Å². The van der Waals surface area contributed by atoms with Crippen molar-refractivity contribution in [3.63, 3.8) is 0 Å². The van der Waals surface area contributed by atoms with Crippen LogP contribution in [0.15, 0.2) is 30.3 Å². The standard InChI is InChI=1S/C15H14N4O3S.C2H6.CH5N/c1-22-9-4-2-8(3-5-9)12(19-21)13-11-6-10(7-20)23-14(11)18-15(16)17-13;2*1-2/h2-7,12,19,21H,1H3,(H2,16,17,18);1-2H3;2H2,1H3. The number of anilines is 1. The number of benzene rings is 1. The zero-order chi connectivity index (χ0) is 20.4. The fourth-order valence-corrected chi connectivity index (χ4v) is 3.21. The zero-order valence-electron chi connectivity index (χ0n) is 15.8. The summed E-state index contributed by atoms with van der Waals surface area (Å²) in [5.41, 5.74) is 13.8. The quantitative estimate of drug-likeness (QED) is 0.385. The number of carbonyl (C=O) groups is 1. The normalized spacial score (nSPS) is 10.9. The lowest BCUT2D eigenvalue weighted by atomic mass is 10.0. The molecule has 0 bridgehead atoms. The van der Waals surface area contributed by atoms with Crippen LogP contribution in [-0.4, -0.2) is 35.6 Å². The predicted molar refractivity (Wildman–Crippen MR) is 108 cm³/mol. The van der Waals surface area contributed by atoms with E-state index in [0.29, 0.717) is 26.5 Å². The molecular formula is C18H25N5O3S. The van der Waals surface area contributed by atoms with Crippen molar-refractivity contribution in [1.29, 1.82) is 0 Å². The molecule has 1 atom stereocenters. The van der Waals surface area contributed by atoms with Crippen LogP contribution in [0, 0.1) is 0 Å². The summed E-state index contributed by atoms with van der Waals surface area (Å²) < 4.78 is 5.13. The van der Waals surface area contributed by atoms with E-state index in [1.54, 1.807) is 25.3 Å². The molecule has 2 heterocycles. The lowest BCUT2D eigenvalue weighted by Crippen LogP contribution is -2.20. The molecule has 0 amide bonds. The highest BCUT2D eigenvalue weighted by Gasteiger charge is 2.20. The van der Waals surface area contributed by atoms with Gasteiger partial charge in [0.25, 0.3) is 0 Å². The smallest absolute Gasteiger partial charge is 0.221 e. The molecule has 0 saturated heterocycles. The van der Waals surface area contributed by atoms with E-state index in [1.165, 1.54) is 18.4 Å². The second-order valence-corrected chi connectivity index (χ2v) is 5.85. The van der Waals surface area contributed by atoms with E-state index in [4.69, 9.17) is 10.5 Å². The van der Waals surface area contributed by atoms with Crippen LogP contribution in [0.3, 0.4) is 0 Å². The largest absolute Gasteiger partial charge is 0.497 e. The van der Waals surface area contributed by atoms with Crippen LogP contribution < -0.4 is 21.7 Å². The lowest BCUT2D eigenvalue weighted by molar-refractivity contribution is 0.112. The second kappa shape index (κ2) is 11.2. The van der Waals surface area contributed by atoms with Gasteiger partial charge in [0, 0.05) is 5.39 Å². The maximum atomic E-state index is 11.0. The number of nitrogens with two attached hydrogens (primary N) is 2. The molecule has 3 rings (SSSR count). The van der Waals surface area contributed by atoms with Gasteiger partial charge in [-0.1, -0.05) is 26.0 Å². The number of methoxy groups -OCH3 is 1. The van der Waals surface area contributed by atoms with Crippen LogP contribution in [0.4, 0.5) is 5.95 Å². The van der Waals surface area contributed by atoms with Gasteiger partial charge in [-0.05, 0) is 30.8 Å². The van der Waals surface area contributed by atoms with E-state index in [2.05, 4.69) is 21.2 Å². The number of hydrogen-bond acceptors (Lipinski definition) is 9. The fourth-order valence-electron chi connectivity index (χ4n) is 2.35. The monoisotopic (exact) mass is 391 g/mol. The summed E-state index contributed by atoms with van der Waals surface area (Å²) in [6.07, 6.45) is 0.751. The van der Waals surface area contributed by atoms with Gasteiger partial charge in [0.15, 0.2) is 6.29 Å². The molecule has 0 spiro atoms. The summed E-state index contributed by atoms with van der Waals surface area (Å²) in [5.74, 6) is 0.789. The highest BCUT2D eigenvalue weighted by atomic mass is 32.1. The van der Waals surface area contributed by atoms with Gasteiger partial charge in [0.05, 0.1) is 23.7 Å². The Bertz CT molecular complexity index is 852. The number of nitrogen functional groups attached to an aromatic ring is 1. The molecule has 0 aliphatic carbocycles. The van der Waals surface area contributed by atoms with Crippen molar-refractivity contribution in [3.8, 4) is 5.75 Å². The van der Waals surface area contributed by atoms with E-state index >= 15 is 0 Å². The molecule has 8 nitrogen and oxygen atoms in total. The van der Waals surface area contributed by atoms with Crippen molar-refractivity contribution in [2.75, 3.05) is 19.9 Å². The zero-order valence-corrected chi connectivity index (χ0v) is 16.6.